The summed E-state index contributed by atoms with van der Waals surface area (Å²) in [5.74, 6) is 0.677. The van der Waals surface area contributed by atoms with Gasteiger partial charge in [0.15, 0.2) is 0 Å². The molecule has 0 aromatic rings. The minimum absolute atomic E-state index is 0.222. The van der Waals surface area contributed by atoms with Crippen molar-refractivity contribution in [1.29, 1.82) is 0 Å². The Morgan fingerprint density at radius 1 is 1.50 bits per heavy atom. The molecule has 0 aromatic carbocycles. The Morgan fingerprint density at radius 2 is 2.00 bits per heavy atom. The molecule has 1 aliphatic heterocycles. The lowest BCUT2D eigenvalue weighted by molar-refractivity contribution is -0.160. The van der Waals surface area contributed by atoms with Gasteiger partial charge in [-0.05, 0) is 19.3 Å². The van der Waals surface area contributed by atoms with Gasteiger partial charge in [0.05, 0.1) is 12.2 Å². The van der Waals surface area contributed by atoms with Crippen LogP contribution in [0.2, 0.25) is 0 Å². The molecule has 0 bridgehead atoms. The van der Waals surface area contributed by atoms with E-state index in [4.69, 9.17) is 4.74 Å². The molecule has 0 saturated carbocycles. The number of rotatable bonds is 1. The van der Waals surface area contributed by atoms with Crippen molar-refractivity contribution in [1.82, 2.24) is 0 Å². The van der Waals surface area contributed by atoms with E-state index >= 15 is 0 Å². The average molecular weight is 114 g/mol. The summed E-state index contributed by atoms with van der Waals surface area (Å²) < 4.78 is 5.38. The molecule has 0 aliphatic carbocycles. The van der Waals surface area contributed by atoms with Crippen LogP contribution in [0.1, 0.15) is 27.2 Å². The molecule has 8 heavy (non-hydrogen) atoms. The van der Waals surface area contributed by atoms with Gasteiger partial charge in [0, 0.05) is 0 Å². The van der Waals surface area contributed by atoms with Crippen LogP contribution < -0.4 is 0 Å². The quantitative estimate of drug-likeness (QED) is 0.505. The maximum Gasteiger partial charge on any atom is 0.0699 e. The van der Waals surface area contributed by atoms with Crippen LogP contribution in [0.3, 0.4) is 0 Å². The molecule has 1 heterocycles. The number of hydrogen-bond donors (Lipinski definition) is 0. The molecule has 1 aliphatic rings. The Labute approximate surface area is 51.0 Å². The lowest BCUT2D eigenvalue weighted by Crippen LogP contribution is -2.45. The number of ether oxygens (including phenoxy) is 1. The van der Waals surface area contributed by atoms with Crippen molar-refractivity contribution in [3.05, 3.63) is 0 Å². The van der Waals surface area contributed by atoms with Crippen LogP contribution in [0.4, 0.5) is 0 Å². The van der Waals surface area contributed by atoms with Gasteiger partial charge < -0.3 is 4.74 Å². The molecule has 0 spiro atoms. The van der Waals surface area contributed by atoms with E-state index in [0.29, 0.717) is 5.92 Å². The van der Waals surface area contributed by atoms with Crippen molar-refractivity contribution < 1.29 is 4.74 Å². The van der Waals surface area contributed by atoms with E-state index in [9.17, 15) is 0 Å². The van der Waals surface area contributed by atoms with Gasteiger partial charge in [-0.3, -0.25) is 0 Å². The van der Waals surface area contributed by atoms with Crippen LogP contribution in [-0.2, 0) is 4.74 Å². The molecule has 1 atom stereocenters. The van der Waals surface area contributed by atoms with E-state index < -0.39 is 0 Å². The smallest absolute Gasteiger partial charge is 0.0699 e. The average Bonchev–Trinajstić information content (AvgIpc) is 1.60. The van der Waals surface area contributed by atoms with Crippen LogP contribution in [-0.4, -0.2) is 12.2 Å². The summed E-state index contributed by atoms with van der Waals surface area (Å²) in [5.41, 5.74) is 0.222. The van der Waals surface area contributed by atoms with Gasteiger partial charge in [0.2, 0.25) is 0 Å². The summed E-state index contributed by atoms with van der Waals surface area (Å²) in [6.45, 7) is 7.56. The first-order chi connectivity index (χ1) is 3.65. The second-order valence-electron chi connectivity index (χ2n) is 3.07. The topological polar surface area (TPSA) is 9.23 Å². The zero-order chi connectivity index (χ0) is 6.20. The van der Waals surface area contributed by atoms with Gasteiger partial charge >= 0.3 is 0 Å². The van der Waals surface area contributed by atoms with Gasteiger partial charge in [-0.2, -0.15) is 0 Å². The Morgan fingerprint density at radius 3 is 2.00 bits per heavy atom. The summed E-state index contributed by atoms with van der Waals surface area (Å²) in [6.07, 6.45) is 1.24. The Bertz CT molecular complexity index is 82.4. The Hall–Kier alpha value is -0.0400. The van der Waals surface area contributed by atoms with Crippen molar-refractivity contribution in [3.8, 4) is 0 Å². The fourth-order valence-electron chi connectivity index (χ4n) is 0.879. The summed E-state index contributed by atoms with van der Waals surface area (Å²) in [5, 5.41) is 0. The summed E-state index contributed by atoms with van der Waals surface area (Å²) in [4.78, 5) is 0. The van der Waals surface area contributed by atoms with Crippen LogP contribution in [0.15, 0.2) is 0 Å². The predicted molar refractivity (Wildman–Crippen MR) is 33.8 cm³/mol. The van der Waals surface area contributed by atoms with Crippen LogP contribution in [0.5, 0.6) is 0 Å². The summed E-state index contributed by atoms with van der Waals surface area (Å²) in [6, 6.07) is 0. The van der Waals surface area contributed by atoms with E-state index in [1.165, 1.54) is 6.42 Å². The van der Waals surface area contributed by atoms with E-state index in [2.05, 4.69) is 20.8 Å². The first-order valence-electron chi connectivity index (χ1n) is 3.29. The molecule has 1 heteroatoms. The molecular formula is C7H14O. The number of hydrogen-bond acceptors (Lipinski definition) is 1. The minimum Gasteiger partial charge on any atom is -0.375 e. The second kappa shape index (κ2) is 1.73. The maximum absolute atomic E-state index is 5.38. The van der Waals surface area contributed by atoms with Gasteiger partial charge in [0.1, 0.15) is 0 Å². The lowest BCUT2D eigenvalue weighted by Gasteiger charge is -2.42. The van der Waals surface area contributed by atoms with Crippen molar-refractivity contribution in [2.45, 2.75) is 32.8 Å². The highest BCUT2D eigenvalue weighted by Crippen LogP contribution is 2.32. The fourth-order valence-corrected chi connectivity index (χ4v) is 0.879. The predicted octanol–water partition coefficient (Wildman–Crippen LogP) is 1.82. The Kier molecular flexibility index (Phi) is 1.31. The molecule has 1 saturated heterocycles. The molecule has 0 N–H and O–H groups in total. The van der Waals surface area contributed by atoms with Gasteiger partial charge in [-0.25, -0.2) is 0 Å². The van der Waals surface area contributed by atoms with Crippen molar-refractivity contribution in [3.63, 3.8) is 0 Å². The molecule has 1 rings (SSSR count). The molecule has 0 amide bonds. The SMILES string of the molecule is CC(C)[C@]1(C)CCO1. The third kappa shape index (κ3) is 0.752. The third-order valence-corrected chi connectivity index (χ3v) is 2.25. The highest BCUT2D eigenvalue weighted by atomic mass is 16.5. The van der Waals surface area contributed by atoms with Crippen molar-refractivity contribution in [2.24, 2.45) is 5.92 Å². The molecule has 48 valence electrons. The minimum atomic E-state index is 0.222. The molecule has 1 nitrogen and oxygen atoms in total. The van der Waals surface area contributed by atoms with Crippen LogP contribution in [0.25, 0.3) is 0 Å². The molecule has 1 fully saturated rings. The largest absolute Gasteiger partial charge is 0.375 e. The van der Waals surface area contributed by atoms with Crippen LogP contribution >= 0.6 is 0 Å². The highest BCUT2D eigenvalue weighted by molar-refractivity contribution is 4.84. The van der Waals surface area contributed by atoms with Crippen molar-refractivity contribution >= 4 is 0 Å². The van der Waals surface area contributed by atoms with Gasteiger partial charge in [-0.15, -0.1) is 0 Å². The van der Waals surface area contributed by atoms with Gasteiger partial charge in [-0.1, -0.05) is 13.8 Å². The van der Waals surface area contributed by atoms with Gasteiger partial charge in [0.25, 0.3) is 0 Å². The molecule has 0 unspecified atom stereocenters. The Balaban J connectivity index is 2.41. The lowest BCUT2D eigenvalue weighted by atomic mass is 9.85. The fraction of sp³-hybridized carbons (Fsp3) is 1.00. The zero-order valence-corrected chi connectivity index (χ0v) is 5.90. The molecular weight excluding hydrogens is 100 g/mol. The van der Waals surface area contributed by atoms with E-state index in [-0.39, 0.29) is 5.60 Å². The summed E-state index contributed by atoms with van der Waals surface area (Å²) in [7, 11) is 0. The highest BCUT2D eigenvalue weighted by Gasteiger charge is 2.35. The first-order valence-corrected chi connectivity index (χ1v) is 3.29. The van der Waals surface area contributed by atoms with Crippen molar-refractivity contribution in [2.75, 3.05) is 6.61 Å². The first kappa shape index (κ1) is 6.09. The summed E-state index contributed by atoms with van der Waals surface area (Å²) >= 11 is 0. The molecule has 0 radical (unpaired) electrons. The molecule has 0 aromatic heterocycles. The monoisotopic (exact) mass is 114 g/mol. The maximum atomic E-state index is 5.38. The normalized spacial score (nSPS) is 37.5. The zero-order valence-electron chi connectivity index (χ0n) is 5.90. The van der Waals surface area contributed by atoms with E-state index in [1.807, 2.05) is 0 Å². The second-order valence-corrected chi connectivity index (χ2v) is 3.07. The third-order valence-electron chi connectivity index (χ3n) is 2.25. The van der Waals surface area contributed by atoms with E-state index in [0.717, 1.165) is 6.61 Å². The van der Waals surface area contributed by atoms with E-state index in [1.54, 1.807) is 0 Å². The standard InChI is InChI=1S/C7H14O/c1-6(2)7(3)4-5-8-7/h6H,4-5H2,1-3H3/t7-/m0/s1. The van der Waals surface area contributed by atoms with Crippen LogP contribution in [0, 0.1) is 5.92 Å².